The Morgan fingerprint density at radius 3 is 2.36 bits per heavy atom. The Morgan fingerprint density at radius 1 is 0.960 bits per heavy atom. The fraction of sp³-hybridized carbons (Fsp3) is 1.00. The fourth-order valence-electron chi connectivity index (χ4n) is 7.49. The summed E-state index contributed by atoms with van der Waals surface area (Å²) in [5, 5.41) is 10.1. The van der Waals surface area contributed by atoms with Crippen LogP contribution in [0, 0.1) is 34.5 Å². The molecule has 1 N–H and O–H groups in total. The molecule has 4 aliphatic rings. The second-order valence-electron chi connectivity index (χ2n) is 9.70. The summed E-state index contributed by atoms with van der Waals surface area (Å²) in [7, 11) is -4.64. The molecule has 4 fully saturated rings. The zero-order chi connectivity index (χ0) is 18.0. The smallest absolute Gasteiger partial charge is 0.217 e. The Kier molecular flexibility index (Phi) is 4.31. The van der Waals surface area contributed by atoms with Crippen molar-refractivity contribution in [3.05, 3.63) is 0 Å². The predicted molar refractivity (Wildman–Crippen MR) is 92.3 cm³/mol. The number of aliphatic hydroxyl groups is 1. The van der Waals surface area contributed by atoms with Crippen LogP contribution in [0.25, 0.3) is 0 Å². The van der Waals surface area contributed by atoms with Crippen LogP contribution in [0.15, 0.2) is 0 Å². The van der Waals surface area contributed by atoms with Crippen LogP contribution in [0.3, 0.4) is 0 Å². The van der Waals surface area contributed by atoms with Crippen molar-refractivity contribution in [1.82, 2.24) is 0 Å². The third-order valence-corrected chi connectivity index (χ3v) is 9.25. The minimum atomic E-state index is -4.64. The molecule has 0 bridgehead atoms. The highest BCUT2D eigenvalue weighted by Crippen LogP contribution is 2.66. The monoisotopic (exact) mass is 371 g/mol. The van der Waals surface area contributed by atoms with Crippen molar-refractivity contribution in [2.24, 2.45) is 34.5 Å². The molecular formula is C19H31O5S-. The SMILES string of the molecule is C[C@]12CC[C@H](O)C[C@@H]1CC[C@@H]1[C@@H]2CC[C@]2(C)[C@@H](OS(=O)(=O)[O-])CC[C@@H]12. The highest BCUT2D eigenvalue weighted by Gasteiger charge is 2.60. The number of hydrogen-bond donors (Lipinski definition) is 1. The maximum atomic E-state index is 11.2. The van der Waals surface area contributed by atoms with Crippen molar-refractivity contribution >= 4 is 10.4 Å². The van der Waals surface area contributed by atoms with Crippen LogP contribution in [0.5, 0.6) is 0 Å². The normalized spacial score (nSPS) is 53.0. The molecule has 0 saturated heterocycles. The Bertz CT molecular complexity index is 634. The maximum Gasteiger partial charge on any atom is 0.217 e. The predicted octanol–water partition coefficient (Wildman–Crippen LogP) is 3.24. The largest absolute Gasteiger partial charge is 0.726 e. The van der Waals surface area contributed by atoms with E-state index < -0.39 is 16.5 Å². The van der Waals surface area contributed by atoms with E-state index in [1.54, 1.807) is 0 Å². The summed E-state index contributed by atoms with van der Waals surface area (Å²) in [6, 6.07) is 0. The van der Waals surface area contributed by atoms with E-state index in [0.717, 1.165) is 38.5 Å². The molecule has 8 atom stereocenters. The van der Waals surface area contributed by atoms with E-state index in [1.807, 2.05) is 0 Å². The van der Waals surface area contributed by atoms with Crippen LogP contribution in [-0.4, -0.2) is 30.3 Å². The van der Waals surface area contributed by atoms with Gasteiger partial charge in [-0.3, -0.25) is 4.18 Å². The molecule has 0 amide bonds. The first-order chi connectivity index (χ1) is 11.6. The lowest BCUT2D eigenvalue weighted by Crippen LogP contribution is -2.54. The van der Waals surface area contributed by atoms with Crippen molar-refractivity contribution in [3.63, 3.8) is 0 Å². The van der Waals surface area contributed by atoms with Crippen LogP contribution in [0.1, 0.15) is 71.6 Å². The van der Waals surface area contributed by atoms with E-state index in [9.17, 15) is 18.1 Å². The third-order valence-electron chi connectivity index (χ3n) is 8.79. The molecule has 0 spiro atoms. The number of rotatable bonds is 2. The molecule has 0 heterocycles. The number of aliphatic hydroxyl groups excluding tert-OH is 1. The van der Waals surface area contributed by atoms with Crippen LogP contribution in [-0.2, 0) is 14.6 Å². The highest BCUT2D eigenvalue weighted by atomic mass is 32.3. The summed E-state index contributed by atoms with van der Waals surface area (Å²) in [6.07, 6.45) is 8.45. The topological polar surface area (TPSA) is 86.7 Å². The average molecular weight is 372 g/mol. The molecule has 4 aliphatic carbocycles. The van der Waals surface area contributed by atoms with Gasteiger partial charge >= 0.3 is 0 Å². The molecule has 0 aliphatic heterocycles. The van der Waals surface area contributed by atoms with Gasteiger partial charge in [-0.25, -0.2) is 8.42 Å². The molecule has 4 rings (SSSR count). The Hall–Kier alpha value is -0.170. The van der Waals surface area contributed by atoms with E-state index >= 15 is 0 Å². The van der Waals surface area contributed by atoms with Crippen LogP contribution in [0.4, 0.5) is 0 Å². The second kappa shape index (κ2) is 5.91. The van der Waals surface area contributed by atoms with Gasteiger partial charge in [0.15, 0.2) is 0 Å². The van der Waals surface area contributed by atoms with Gasteiger partial charge in [-0.15, -0.1) is 0 Å². The zero-order valence-electron chi connectivity index (χ0n) is 15.3. The lowest BCUT2D eigenvalue weighted by atomic mass is 9.45. The first-order valence-electron chi connectivity index (χ1n) is 9.96. The minimum Gasteiger partial charge on any atom is -0.726 e. The molecule has 0 radical (unpaired) electrons. The highest BCUT2D eigenvalue weighted by molar-refractivity contribution is 7.80. The quantitative estimate of drug-likeness (QED) is 0.595. The van der Waals surface area contributed by atoms with E-state index in [1.165, 1.54) is 12.8 Å². The maximum absolute atomic E-state index is 11.2. The van der Waals surface area contributed by atoms with Gasteiger partial charge in [0.2, 0.25) is 10.4 Å². The average Bonchev–Trinajstić information content (AvgIpc) is 2.83. The van der Waals surface area contributed by atoms with Gasteiger partial charge < -0.3 is 9.66 Å². The minimum absolute atomic E-state index is 0.130. The molecule has 4 saturated carbocycles. The van der Waals surface area contributed by atoms with Crippen LogP contribution < -0.4 is 0 Å². The summed E-state index contributed by atoms with van der Waals surface area (Å²) >= 11 is 0. The Labute approximate surface area is 151 Å². The van der Waals surface area contributed by atoms with E-state index in [4.69, 9.17) is 4.18 Å². The molecule has 0 aromatic rings. The summed E-state index contributed by atoms with van der Waals surface area (Å²) in [5.74, 6) is 2.36. The van der Waals surface area contributed by atoms with Crippen LogP contribution in [0.2, 0.25) is 0 Å². The van der Waals surface area contributed by atoms with Crippen molar-refractivity contribution in [2.45, 2.75) is 83.8 Å². The van der Waals surface area contributed by atoms with Gasteiger partial charge in [-0.05, 0) is 92.3 Å². The van der Waals surface area contributed by atoms with E-state index in [2.05, 4.69) is 13.8 Å². The van der Waals surface area contributed by atoms with Gasteiger partial charge in [0.05, 0.1) is 12.2 Å². The van der Waals surface area contributed by atoms with Crippen LogP contribution >= 0.6 is 0 Å². The van der Waals surface area contributed by atoms with Crippen molar-refractivity contribution < 1.29 is 22.3 Å². The Balaban J connectivity index is 1.58. The molecule has 25 heavy (non-hydrogen) atoms. The number of hydrogen-bond acceptors (Lipinski definition) is 5. The van der Waals surface area contributed by atoms with Gasteiger partial charge in [0.1, 0.15) is 0 Å². The molecule has 6 heteroatoms. The van der Waals surface area contributed by atoms with Crippen molar-refractivity contribution in [2.75, 3.05) is 0 Å². The first kappa shape index (κ1) is 18.2. The molecule has 0 aromatic heterocycles. The molecule has 144 valence electrons. The lowest BCUT2D eigenvalue weighted by Gasteiger charge is -2.60. The lowest BCUT2D eigenvalue weighted by molar-refractivity contribution is -0.131. The zero-order valence-corrected chi connectivity index (χ0v) is 16.1. The van der Waals surface area contributed by atoms with E-state index in [-0.39, 0.29) is 11.5 Å². The molecule has 0 unspecified atom stereocenters. The first-order valence-corrected chi connectivity index (χ1v) is 11.3. The summed E-state index contributed by atoms with van der Waals surface area (Å²) in [4.78, 5) is 0. The van der Waals surface area contributed by atoms with Crippen molar-refractivity contribution in [3.8, 4) is 0 Å². The molecule has 0 aromatic carbocycles. The summed E-state index contributed by atoms with van der Waals surface area (Å²) in [6.45, 7) is 4.59. The third kappa shape index (κ3) is 2.88. The molecule has 5 nitrogen and oxygen atoms in total. The fourth-order valence-corrected chi connectivity index (χ4v) is 8.09. The summed E-state index contributed by atoms with van der Waals surface area (Å²) < 4.78 is 38.4. The van der Waals surface area contributed by atoms with Gasteiger partial charge in [-0.2, -0.15) is 0 Å². The second-order valence-corrected chi connectivity index (χ2v) is 10.7. The Morgan fingerprint density at radius 2 is 1.64 bits per heavy atom. The standard InChI is InChI=1S/C19H32O5S/c1-18-9-7-13(20)11-12(18)3-4-14-15-5-6-17(24-25(21,22)23)19(15,2)10-8-16(14)18/h12-17,20H,3-11H2,1-2H3,(H,21,22,23)/p-1/t12-,13-,14-,15-,16-,17-,18-,19-/m0/s1. The van der Waals surface area contributed by atoms with Gasteiger partial charge in [-0.1, -0.05) is 13.8 Å². The van der Waals surface area contributed by atoms with Gasteiger partial charge in [0.25, 0.3) is 0 Å². The van der Waals surface area contributed by atoms with Crippen molar-refractivity contribution in [1.29, 1.82) is 0 Å². The summed E-state index contributed by atoms with van der Waals surface area (Å²) in [5.41, 5.74) is 0.128. The van der Waals surface area contributed by atoms with E-state index in [0.29, 0.717) is 35.5 Å². The molecular weight excluding hydrogens is 340 g/mol. The number of fused-ring (bicyclic) bond motifs is 5. The van der Waals surface area contributed by atoms with Gasteiger partial charge in [0, 0.05) is 0 Å².